The molecule has 12 heteroatoms. The zero-order chi connectivity index (χ0) is 17.6. The van der Waals surface area contributed by atoms with Crippen molar-refractivity contribution in [2.24, 2.45) is 0 Å². The van der Waals surface area contributed by atoms with E-state index in [2.05, 4.69) is 111 Å². The lowest BCUT2D eigenvalue weighted by atomic mass is 10.2. The predicted molar refractivity (Wildman–Crippen MR) is 117 cm³/mol. The molecule has 0 fully saturated rings. The fourth-order valence-corrected chi connectivity index (χ4v) is 3.13. The minimum Gasteiger partial charge on any atom is -0.211 e. The molecule has 0 bridgehead atoms. The molecule has 0 atom stereocenters. The van der Waals surface area contributed by atoms with E-state index >= 15 is 0 Å². The second-order valence-corrected chi connectivity index (χ2v) is 18.7. The van der Waals surface area contributed by atoms with Crippen LogP contribution in [0.2, 0.25) is 15.1 Å². The molecule has 0 aliphatic rings. The Morgan fingerprint density at radius 1 is 0.696 bits per heavy atom. The molecule has 0 saturated heterocycles. The summed E-state index contributed by atoms with van der Waals surface area (Å²) in [7, 11) is 0. The summed E-state index contributed by atoms with van der Waals surface area (Å²) < 4.78 is -1.67. The lowest BCUT2D eigenvalue weighted by Crippen LogP contribution is -2.15. The van der Waals surface area contributed by atoms with Crippen LogP contribution in [-0.4, -0.2) is 15.0 Å². The third kappa shape index (κ3) is 5.25. The van der Waals surface area contributed by atoms with Crippen LogP contribution < -0.4 is 0 Å². The third-order valence-electron chi connectivity index (χ3n) is 2.42. The summed E-state index contributed by atoms with van der Waals surface area (Å²) in [6.45, 7) is 0. The molecular weight excluding hydrogens is 760 g/mol. The van der Waals surface area contributed by atoms with Crippen LogP contribution in [0.4, 0.5) is 0 Å². The number of hydrogen-bond donors (Lipinski definition) is 0. The molecule has 3 nitrogen and oxygen atoms in total. The number of nitrogens with zero attached hydrogens (tertiary/aromatic N) is 3. The Morgan fingerprint density at radius 3 is 1.61 bits per heavy atom. The maximum atomic E-state index is 6.28. The first-order valence-electron chi connectivity index (χ1n) is 5.45. The van der Waals surface area contributed by atoms with Crippen LogP contribution in [0.1, 0.15) is 11.6 Å². The van der Waals surface area contributed by atoms with Crippen LogP contribution in [0.15, 0.2) is 12.1 Å². The topological polar surface area (TPSA) is 38.7 Å². The number of benzene rings is 1. The molecule has 0 N–H and O–H groups in total. The molecule has 0 radical (unpaired) electrons. The Bertz CT molecular complexity index is 728. The first-order valence-corrected chi connectivity index (χ1v) is 11.3. The molecule has 1 aromatic carbocycles. The van der Waals surface area contributed by atoms with Gasteiger partial charge in [0.15, 0.2) is 21.8 Å². The lowest BCUT2D eigenvalue weighted by Gasteiger charge is -2.17. The van der Waals surface area contributed by atoms with Gasteiger partial charge in [-0.3, -0.25) is 0 Å². The summed E-state index contributed by atoms with van der Waals surface area (Å²) in [5.41, 5.74) is 0.527. The molecule has 0 amide bonds. The third-order valence-corrected chi connectivity index (χ3v) is 5.84. The standard InChI is InChI=1S/C11H2Br6Cl3N3/c12-10(13,14)8-21-7(22-9(23-8)11(15,16)17)3-1-2-4(18)6(20)5(3)19/h1-2H. The highest BCUT2D eigenvalue weighted by atomic mass is 80.0. The van der Waals surface area contributed by atoms with Crippen molar-refractivity contribution >= 4 is 130 Å². The van der Waals surface area contributed by atoms with Gasteiger partial charge in [-0.2, -0.15) is 0 Å². The molecule has 0 unspecified atom stereocenters. The van der Waals surface area contributed by atoms with Gasteiger partial charge in [0.2, 0.25) is 0 Å². The van der Waals surface area contributed by atoms with Crippen LogP contribution in [-0.2, 0) is 4.29 Å². The van der Waals surface area contributed by atoms with Crippen molar-refractivity contribution in [2.45, 2.75) is 4.29 Å². The maximum Gasteiger partial charge on any atom is 0.194 e. The SMILES string of the molecule is Clc1ccc(-c2nc(C(Br)(Br)Br)nc(C(Br)(Br)Br)n2)c(Cl)c1Cl. The molecule has 0 saturated carbocycles. The van der Waals surface area contributed by atoms with Crippen molar-refractivity contribution in [3.05, 3.63) is 38.8 Å². The predicted octanol–water partition coefficient (Wildman–Crippen LogP) is 8.09. The maximum absolute atomic E-state index is 6.28. The van der Waals surface area contributed by atoms with Crippen molar-refractivity contribution in [3.63, 3.8) is 0 Å². The Morgan fingerprint density at radius 2 is 1.17 bits per heavy atom. The molecule has 0 aliphatic carbocycles. The fraction of sp³-hybridized carbons (Fsp3) is 0.182. The van der Waals surface area contributed by atoms with Crippen LogP contribution in [0.25, 0.3) is 11.4 Å². The molecule has 0 aliphatic heterocycles. The Hall–Kier alpha value is 1.98. The highest BCUT2D eigenvalue weighted by Crippen LogP contribution is 2.47. The van der Waals surface area contributed by atoms with Crippen LogP contribution in [0.5, 0.6) is 0 Å². The minimum absolute atomic E-state index is 0.236. The zero-order valence-electron chi connectivity index (χ0n) is 10.4. The van der Waals surface area contributed by atoms with Crippen molar-refractivity contribution in [1.29, 1.82) is 0 Å². The molecule has 2 aromatic rings. The van der Waals surface area contributed by atoms with E-state index in [4.69, 9.17) is 34.8 Å². The largest absolute Gasteiger partial charge is 0.211 e. The van der Waals surface area contributed by atoms with Crippen LogP contribution in [0, 0.1) is 0 Å². The van der Waals surface area contributed by atoms with Gasteiger partial charge in [0.05, 0.1) is 15.1 Å². The highest BCUT2D eigenvalue weighted by molar-refractivity contribution is 9.39. The van der Waals surface area contributed by atoms with E-state index in [1.807, 2.05) is 0 Å². The highest BCUT2D eigenvalue weighted by Gasteiger charge is 2.32. The van der Waals surface area contributed by atoms with Gasteiger partial charge in [-0.25, -0.2) is 15.0 Å². The smallest absolute Gasteiger partial charge is 0.194 e. The van der Waals surface area contributed by atoms with E-state index in [1.165, 1.54) is 0 Å². The van der Waals surface area contributed by atoms with Crippen LogP contribution in [0.3, 0.4) is 0 Å². The van der Waals surface area contributed by atoms with E-state index in [0.717, 1.165) is 0 Å². The van der Waals surface area contributed by atoms with Gasteiger partial charge >= 0.3 is 0 Å². The normalized spacial score (nSPS) is 12.6. The molecule has 0 spiro atoms. The van der Waals surface area contributed by atoms with Crippen LogP contribution >= 0.6 is 130 Å². The molecule has 124 valence electrons. The van der Waals surface area contributed by atoms with E-state index in [0.29, 0.717) is 28.1 Å². The summed E-state index contributed by atoms with van der Waals surface area (Å²) in [4.78, 5) is 13.2. The van der Waals surface area contributed by atoms with E-state index in [1.54, 1.807) is 12.1 Å². The Balaban J connectivity index is 2.75. The molecule has 23 heavy (non-hydrogen) atoms. The number of rotatable bonds is 1. The Labute approximate surface area is 197 Å². The van der Waals surface area contributed by atoms with Crippen molar-refractivity contribution in [3.8, 4) is 11.4 Å². The van der Waals surface area contributed by atoms with E-state index in [-0.39, 0.29) is 10.0 Å². The molecular formula is C11H2Br6Cl3N3. The fourth-order valence-electron chi connectivity index (χ4n) is 1.45. The van der Waals surface area contributed by atoms with Crippen molar-refractivity contribution < 1.29 is 0 Å². The summed E-state index contributed by atoms with van der Waals surface area (Å²) >= 11 is 38.7. The minimum atomic E-state index is -0.833. The van der Waals surface area contributed by atoms with Crippen molar-refractivity contribution in [1.82, 2.24) is 15.0 Å². The van der Waals surface area contributed by atoms with Gasteiger partial charge in [0, 0.05) is 5.56 Å². The summed E-state index contributed by atoms with van der Waals surface area (Å²) in [6.07, 6.45) is 0. The second-order valence-electron chi connectivity index (χ2n) is 4.02. The van der Waals surface area contributed by atoms with E-state index < -0.39 is 4.29 Å². The van der Waals surface area contributed by atoms with Crippen molar-refractivity contribution in [2.75, 3.05) is 0 Å². The molecule has 2 rings (SSSR count). The number of hydrogen-bond acceptors (Lipinski definition) is 3. The summed E-state index contributed by atoms with van der Waals surface area (Å²) in [5, 5.41) is 0.845. The molecule has 1 aromatic heterocycles. The van der Waals surface area contributed by atoms with Gasteiger partial charge in [-0.1, -0.05) is 130 Å². The monoisotopic (exact) mass is 754 g/mol. The zero-order valence-corrected chi connectivity index (χ0v) is 22.2. The Kier molecular flexibility index (Phi) is 7.33. The number of halogens is 9. The van der Waals surface area contributed by atoms with Gasteiger partial charge in [-0.05, 0) is 12.1 Å². The summed E-state index contributed by atoms with van der Waals surface area (Å²) in [5.74, 6) is 1.09. The second kappa shape index (κ2) is 7.92. The lowest BCUT2D eigenvalue weighted by molar-refractivity contribution is 0.893. The van der Waals surface area contributed by atoms with Gasteiger partial charge in [0.1, 0.15) is 0 Å². The first kappa shape index (κ1) is 21.3. The first-order chi connectivity index (χ1) is 10.4. The quantitative estimate of drug-likeness (QED) is 0.218. The van der Waals surface area contributed by atoms with Gasteiger partial charge < -0.3 is 0 Å². The van der Waals surface area contributed by atoms with E-state index in [9.17, 15) is 0 Å². The average Bonchev–Trinajstić information content (AvgIpc) is 2.42. The number of alkyl halides is 6. The molecule has 1 heterocycles. The average molecular weight is 762 g/mol. The summed E-state index contributed by atoms with van der Waals surface area (Å²) in [6, 6.07) is 3.32. The van der Waals surface area contributed by atoms with Gasteiger partial charge in [-0.15, -0.1) is 0 Å². The van der Waals surface area contributed by atoms with Gasteiger partial charge in [0.25, 0.3) is 0 Å². The number of aromatic nitrogens is 3.